The van der Waals surface area contributed by atoms with E-state index in [0.717, 1.165) is 48.1 Å². The first-order chi connectivity index (χ1) is 15.6. The first-order valence-electron chi connectivity index (χ1n) is 11.4. The van der Waals surface area contributed by atoms with Crippen molar-refractivity contribution in [3.05, 3.63) is 88.1 Å². The Balaban J connectivity index is 1.71. The Morgan fingerprint density at radius 3 is 2.38 bits per heavy atom. The number of carbonyl (C=O) groups is 2. The highest BCUT2D eigenvalue weighted by Gasteiger charge is 2.34. The first-order valence-corrected chi connectivity index (χ1v) is 12.3. The Morgan fingerprint density at radius 1 is 1.00 bits per heavy atom. The van der Waals surface area contributed by atoms with Gasteiger partial charge in [0, 0.05) is 11.7 Å². The van der Waals surface area contributed by atoms with Crippen molar-refractivity contribution in [1.29, 1.82) is 0 Å². The lowest BCUT2D eigenvalue weighted by molar-refractivity contribution is -0.127. The minimum absolute atomic E-state index is 0.0834. The van der Waals surface area contributed by atoms with E-state index < -0.39 is 6.04 Å². The van der Waals surface area contributed by atoms with Crippen LogP contribution in [0.25, 0.3) is 0 Å². The van der Waals surface area contributed by atoms with Gasteiger partial charge in [-0.25, -0.2) is 0 Å². The summed E-state index contributed by atoms with van der Waals surface area (Å²) in [6.07, 6.45) is 5.77. The fourth-order valence-electron chi connectivity index (χ4n) is 4.38. The minimum Gasteiger partial charge on any atom is -0.351 e. The summed E-state index contributed by atoms with van der Waals surface area (Å²) in [6.45, 7) is 2.02. The summed E-state index contributed by atoms with van der Waals surface area (Å²) in [6, 6.07) is 18.9. The predicted molar refractivity (Wildman–Crippen MR) is 131 cm³/mol. The van der Waals surface area contributed by atoms with E-state index in [-0.39, 0.29) is 24.3 Å². The molecule has 166 valence electrons. The molecule has 3 aromatic rings. The molecule has 0 radical (unpaired) electrons. The quantitative estimate of drug-likeness (QED) is 0.497. The van der Waals surface area contributed by atoms with Crippen LogP contribution in [0.2, 0.25) is 0 Å². The van der Waals surface area contributed by atoms with Gasteiger partial charge in [-0.3, -0.25) is 14.5 Å². The van der Waals surface area contributed by atoms with Gasteiger partial charge < -0.3 is 5.32 Å². The molecule has 4 nitrogen and oxygen atoms in total. The number of anilines is 1. The largest absolute Gasteiger partial charge is 0.351 e. The Hall–Kier alpha value is -2.92. The van der Waals surface area contributed by atoms with Crippen LogP contribution >= 0.6 is 11.3 Å². The fourth-order valence-corrected chi connectivity index (χ4v) is 5.04. The minimum atomic E-state index is -0.716. The number of nitrogens with zero attached hydrogens (tertiary/aromatic N) is 1. The summed E-state index contributed by atoms with van der Waals surface area (Å²) in [5.74, 6) is -0.192. The van der Waals surface area contributed by atoms with Crippen molar-refractivity contribution in [2.24, 2.45) is 0 Å². The summed E-state index contributed by atoms with van der Waals surface area (Å²) in [5, 5.41) is 7.23. The number of benzene rings is 2. The third kappa shape index (κ3) is 5.46. The Labute approximate surface area is 194 Å². The van der Waals surface area contributed by atoms with Gasteiger partial charge in [0.1, 0.15) is 6.04 Å². The molecule has 2 aromatic carbocycles. The molecule has 0 bridgehead atoms. The molecule has 1 aliphatic carbocycles. The van der Waals surface area contributed by atoms with E-state index >= 15 is 0 Å². The molecule has 1 fully saturated rings. The lowest BCUT2D eigenvalue weighted by Crippen LogP contribution is -2.47. The van der Waals surface area contributed by atoms with Crippen molar-refractivity contribution in [2.75, 3.05) is 4.90 Å². The summed E-state index contributed by atoms with van der Waals surface area (Å²) < 4.78 is 0. The van der Waals surface area contributed by atoms with Crippen LogP contribution in [-0.4, -0.2) is 17.9 Å². The van der Waals surface area contributed by atoms with Gasteiger partial charge in [-0.15, -0.1) is 0 Å². The highest BCUT2D eigenvalue weighted by Crippen LogP contribution is 2.30. The maximum Gasteiger partial charge on any atom is 0.248 e. The SMILES string of the molecule is Cc1ccc(N(C(=O)Cc2ccsc2)[C@H](C(=O)NC2CCCCC2)c2ccccc2)cc1. The van der Waals surface area contributed by atoms with Crippen molar-refractivity contribution < 1.29 is 9.59 Å². The van der Waals surface area contributed by atoms with Crippen LogP contribution in [0.4, 0.5) is 5.69 Å². The molecule has 2 amide bonds. The average Bonchev–Trinajstić information content (AvgIpc) is 3.32. The van der Waals surface area contributed by atoms with Crippen molar-refractivity contribution in [3.8, 4) is 0 Å². The van der Waals surface area contributed by atoms with Gasteiger partial charge >= 0.3 is 0 Å². The third-order valence-corrected chi connectivity index (χ3v) is 6.82. The second-order valence-corrected chi connectivity index (χ2v) is 9.34. The first kappa shape index (κ1) is 22.3. The lowest BCUT2D eigenvalue weighted by atomic mass is 9.94. The van der Waals surface area contributed by atoms with Gasteiger partial charge in [0.05, 0.1) is 6.42 Å². The normalized spacial score (nSPS) is 15.2. The van der Waals surface area contributed by atoms with E-state index in [1.807, 2.05) is 78.3 Å². The van der Waals surface area contributed by atoms with Crippen molar-refractivity contribution >= 4 is 28.8 Å². The maximum atomic E-state index is 13.7. The summed E-state index contributed by atoms with van der Waals surface area (Å²) in [5.41, 5.74) is 3.64. The number of thiophene rings is 1. The standard InChI is InChI=1S/C27H30N2O2S/c1-20-12-14-24(15-13-20)29(25(30)18-21-16-17-32-19-21)26(22-8-4-2-5-9-22)27(31)28-23-10-6-3-7-11-23/h2,4-5,8-9,12-17,19,23,26H,3,6-7,10-11,18H2,1H3,(H,28,31)/t26-/m0/s1. The van der Waals surface area contributed by atoms with Crippen LogP contribution in [0.5, 0.6) is 0 Å². The molecule has 32 heavy (non-hydrogen) atoms. The van der Waals surface area contributed by atoms with Gasteiger partial charge in [0.2, 0.25) is 11.8 Å². The van der Waals surface area contributed by atoms with E-state index in [2.05, 4.69) is 5.32 Å². The Kier molecular flexibility index (Phi) is 7.38. The van der Waals surface area contributed by atoms with Crippen LogP contribution in [0.15, 0.2) is 71.4 Å². The van der Waals surface area contributed by atoms with Crippen molar-refractivity contribution in [2.45, 2.75) is 57.5 Å². The number of carbonyl (C=O) groups excluding carboxylic acids is 2. The number of hydrogen-bond acceptors (Lipinski definition) is 3. The number of aryl methyl sites for hydroxylation is 1. The van der Waals surface area contributed by atoms with E-state index in [1.54, 1.807) is 16.2 Å². The maximum absolute atomic E-state index is 13.7. The van der Waals surface area contributed by atoms with Crippen LogP contribution in [0, 0.1) is 6.92 Å². The topological polar surface area (TPSA) is 49.4 Å². The molecule has 4 rings (SSSR count). The van der Waals surface area contributed by atoms with Gasteiger partial charge in [-0.2, -0.15) is 11.3 Å². The molecule has 1 aromatic heterocycles. The highest BCUT2D eigenvalue weighted by atomic mass is 32.1. The van der Waals surface area contributed by atoms with E-state index in [1.165, 1.54) is 6.42 Å². The molecule has 1 aliphatic rings. The monoisotopic (exact) mass is 446 g/mol. The van der Waals surface area contributed by atoms with Gasteiger partial charge in [-0.05, 0) is 59.9 Å². The van der Waals surface area contributed by atoms with Crippen LogP contribution in [-0.2, 0) is 16.0 Å². The molecule has 1 N–H and O–H groups in total. The van der Waals surface area contributed by atoms with Crippen LogP contribution < -0.4 is 10.2 Å². The van der Waals surface area contributed by atoms with Gasteiger partial charge in [0.15, 0.2) is 0 Å². The molecule has 1 heterocycles. The van der Waals surface area contributed by atoms with E-state index in [9.17, 15) is 9.59 Å². The molecule has 0 spiro atoms. The number of amides is 2. The Bertz CT molecular complexity index is 1010. The molecule has 5 heteroatoms. The molecule has 0 saturated heterocycles. The van der Waals surface area contributed by atoms with Gasteiger partial charge in [0.25, 0.3) is 0 Å². The summed E-state index contributed by atoms with van der Waals surface area (Å²) in [4.78, 5) is 29.0. The highest BCUT2D eigenvalue weighted by molar-refractivity contribution is 7.08. The fraction of sp³-hybridized carbons (Fsp3) is 0.333. The predicted octanol–water partition coefficient (Wildman–Crippen LogP) is 5.82. The number of hydrogen-bond donors (Lipinski definition) is 1. The van der Waals surface area contributed by atoms with E-state index in [4.69, 9.17) is 0 Å². The molecule has 0 unspecified atom stereocenters. The van der Waals surface area contributed by atoms with Crippen molar-refractivity contribution in [1.82, 2.24) is 5.32 Å². The van der Waals surface area contributed by atoms with Gasteiger partial charge in [-0.1, -0.05) is 67.3 Å². The molecule has 0 aliphatic heterocycles. The smallest absolute Gasteiger partial charge is 0.248 e. The molecule has 1 saturated carbocycles. The van der Waals surface area contributed by atoms with Crippen LogP contribution in [0.3, 0.4) is 0 Å². The average molecular weight is 447 g/mol. The summed E-state index contributed by atoms with van der Waals surface area (Å²) >= 11 is 1.58. The molecular weight excluding hydrogens is 416 g/mol. The second kappa shape index (κ2) is 10.6. The zero-order valence-corrected chi connectivity index (χ0v) is 19.3. The zero-order chi connectivity index (χ0) is 22.3. The Morgan fingerprint density at radius 2 is 1.72 bits per heavy atom. The number of nitrogens with one attached hydrogen (secondary N) is 1. The van der Waals surface area contributed by atoms with E-state index in [0.29, 0.717) is 0 Å². The van der Waals surface area contributed by atoms with Crippen molar-refractivity contribution in [3.63, 3.8) is 0 Å². The zero-order valence-electron chi connectivity index (χ0n) is 18.5. The second-order valence-electron chi connectivity index (χ2n) is 8.56. The third-order valence-electron chi connectivity index (χ3n) is 6.09. The molecule has 1 atom stereocenters. The molecular formula is C27H30N2O2S. The number of rotatable bonds is 7. The van der Waals surface area contributed by atoms with Crippen LogP contribution in [0.1, 0.15) is 54.8 Å². The summed E-state index contributed by atoms with van der Waals surface area (Å²) in [7, 11) is 0. The lowest BCUT2D eigenvalue weighted by Gasteiger charge is -2.33.